The van der Waals surface area contributed by atoms with Crippen LogP contribution in [0.2, 0.25) is 0 Å². The smallest absolute Gasteiger partial charge is 0.182 e. The second kappa shape index (κ2) is 2.98. The Kier molecular flexibility index (Phi) is 2.06. The van der Waals surface area contributed by atoms with Crippen LogP contribution in [0.5, 0.6) is 0 Å². The number of anilines is 1. The summed E-state index contributed by atoms with van der Waals surface area (Å²) in [6, 6.07) is 0. The molecule has 3 heteroatoms. The molecule has 1 aromatic rings. The van der Waals surface area contributed by atoms with Gasteiger partial charge in [0.25, 0.3) is 0 Å². The third-order valence-corrected chi connectivity index (χ3v) is 3.75. The van der Waals surface area contributed by atoms with Crippen molar-refractivity contribution in [1.29, 1.82) is 0 Å². The number of rotatable bonds is 3. The van der Waals surface area contributed by atoms with Crippen LogP contribution in [0, 0.1) is 18.3 Å². The summed E-state index contributed by atoms with van der Waals surface area (Å²) < 4.78 is 0. The zero-order valence-electron chi connectivity index (χ0n) is 8.42. The fraction of sp³-hybridized carbons (Fsp3) is 0.700. The summed E-state index contributed by atoms with van der Waals surface area (Å²) in [7, 11) is 0. The first-order valence-corrected chi connectivity index (χ1v) is 5.62. The second-order valence-corrected chi connectivity index (χ2v) is 5.42. The molecule has 1 N–H and O–H groups in total. The predicted octanol–water partition coefficient (Wildman–Crippen LogP) is 2.91. The van der Waals surface area contributed by atoms with Gasteiger partial charge in [-0.25, -0.2) is 4.98 Å². The van der Waals surface area contributed by atoms with Gasteiger partial charge in [0.15, 0.2) is 5.13 Å². The van der Waals surface area contributed by atoms with E-state index in [1.165, 1.54) is 6.42 Å². The van der Waals surface area contributed by atoms with Gasteiger partial charge < -0.3 is 5.32 Å². The molecule has 13 heavy (non-hydrogen) atoms. The van der Waals surface area contributed by atoms with Crippen molar-refractivity contribution in [3.05, 3.63) is 11.1 Å². The van der Waals surface area contributed by atoms with Crippen LogP contribution in [0.15, 0.2) is 5.38 Å². The maximum atomic E-state index is 4.37. The van der Waals surface area contributed by atoms with Crippen LogP contribution in [0.3, 0.4) is 0 Å². The standard InChI is InChI=1S/C10H16N2S/c1-7-6-13-9(12-7)11-5-8-4-10(8,2)3/h6,8H,4-5H2,1-3H3,(H,11,12). The van der Waals surface area contributed by atoms with Crippen molar-refractivity contribution >= 4 is 16.5 Å². The van der Waals surface area contributed by atoms with Gasteiger partial charge in [-0.2, -0.15) is 0 Å². The lowest BCUT2D eigenvalue weighted by Crippen LogP contribution is -2.06. The van der Waals surface area contributed by atoms with Crippen LogP contribution in [0.4, 0.5) is 5.13 Å². The number of hydrogen-bond acceptors (Lipinski definition) is 3. The van der Waals surface area contributed by atoms with Crippen molar-refractivity contribution in [3.8, 4) is 0 Å². The summed E-state index contributed by atoms with van der Waals surface area (Å²) in [4.78, 5) is 4.37. The molecular weight excluding hydrogens is 180 g/mol. The Hall–Kier alpha value is -0.570. The Morgan fingerprint density at radius 1 is 1.69 bits per heavy atom. The minimum absolute atomic E-state index is 0.569. The number of nitrogens with zero attached hydrogens (tertiary/aromatic N) is 1. The largest absolute Gasteiger partial charge is 0.361 e. The Morgan fingerprint density at radius 3 is 2.85 bits per heavy atom. The lowest BCUT2D eigenvalue weighted by Gasteiger charge is -2.03. The van der Waals surface area contributed by atoms with E-state index in [9.17, 15) is 0 Å². The number of aromatic nitrogens is 1. The maximum absolute atomic E-state index is 4.37. The average molecular weight is 196 g/mol. The highest BCUT2D eigenvalue weighted by Gasteiger charge is 2.44. The van der Waals surface area contributed by atoms with Crippen molar-refractivity contribution in [2.24, 2.45) is 11.3 Å². The first-order chi connectivity index (χ1) is 6.08. The van der Waals surface area contributed by atoms with Crippen LogP contribution >= 0.6 is 11.3 Å². The van der Waals surface area contributed by atoms with Gasteiger partial charge in [0.2, 0.25) is 0 Å². The average Bonchev–Trinajstić information content (AvgIpc) is 2.45. The zero-order valence-corrected chi connectivity index (χ0v) is 9.24. The molecule has 72 valence electrons. The minimum Gasteiger partial charge on any atom is -0.361 e. The molecule has 1 saturated carbocycles. The van der Waals surface area contributed by atoms with E-state index in [0.29, 0.717) is 5.41 Å². The van der Waals surface area contributed by atoms with Gasteiger partial charge in [0.1, 0.15) is 0 Å². The van der Waals surface area contributed by atoms with Gasteiger partial charge >= 0.3 is 0 Å². The molecule has 1 unspecified atom stereocenters. The SMILES string of the molecule is Cc1csc(NCC2CC2(C)C)n1. The fourth-order valence-corrected chi connectivity index (χ4v) is 2.27. The molecule has 1 aliphatic carbocycles. The molecule has 0 bridgehead atoms. The number of thiazole rings is 1. The zero-order chi connectivity index (χ0) is 9.47. The molecule has 0 saturated heterocycles. The summed E-state index contributed by atoms with van der Waals surface area (Å²) in [6.45, 7) is 7.77. The number of hydrogen-bond donors (Lipinski definition) is 1. The van der Waals surface area contributed by atoms with Crippen molar-refractivity contribution in [3.63, 3.8) is 0 Å². The number of aryl methyl sites for hydroxylation is 1. The van der Waals surface area contributed by atoms with E-state index < -0.39 is 0 Å². The highest BCUT2D eigenvalue weighted by molar-refractivity contribution is 7.13. The summed E-state index contributed by atoms with van der Waals surface area (Å²) in [5.74, 6) is 0.844. The first kappa shape index (κ1) is 9.00. The molecule has 0 aliphatic heterocycles. The lowest BCUT2D eigenvalue weighted by molar-refractivity contribution is 0.573. The summed E-state index contributed by atoms with van der Waals surface area (Å²) >= 11 is 1.70. The topological polar surface area (TPSA) is 24.9 Å². The Morgan fingerprint density at radius 2 is 2.38 bits per heavy atom. The molecular formula is C10H16N2S. The Labute approximate surface area is 83.4 Å². The van der Waals surface area contributed by atoms with Crippen LogP contribution in [-0.4, -0.2) is 11.5 Å². The van der Waals surface area contributed by atoms with E-state index in [0.717, 1.165) is 23.3 Å². The Balaban J connectivity index is 1.81. The summed E-state index contributed by atoms with van der Waals surface area (Å²) in [5.41, 5.74) is 1.68. The quantitative estimate of drug-likeness (QED) is 0.804. The van der Waals surface area contributed by atoms with Crippen LogP contribution in [-0.2, 0) is 0 Å². The highest BCUT2D eigenvalue weighted by atomic mass is 32.1. The first-order valence-electron chi connectivity index (χ1n) is 4.74. The molecule has 2 rings (SSSR count). The van der Waals surface area contributed by atoms with Gasteiger partial charge in [0.05, 0.1) is 5.69 Å². The normalized spacial score (nSPS) is 24.4. The molecule has 0 spiro atoms. The molecule has 0 aromatic carbocycles. The van der Waals surface area contributed by atoms with E-state index in [-0.39, 0.29) is 0 Å². The molecule has 0 amide bonds. The van der Waals surface area contributed by atoms with Crippen molar-refractivity contribution < 1.29 is 0 Å². The van der Waals surface area contributed by atoms with Gasteiger partial charge in [0, 0.05) is 11.9 Å². The Bertz CT molecular complexity index is 304. The van der Waals surface area contributed by atoms with Gasteiger partial charge in [-0.1, -0.05) is 13.8 Å². The van der Waals surface area contributed by atoms with E-state index in [1.54, 1.807) is 11.3 Å². The van der Waals surface area contributed by atoms with Crippen LogP contribution < -0.4 is 5.32 Å². The molecule has 1 atom stereocenters. The van der Waals surface area contributed by atoms with Gasteiger partial charge in [-0.15, -0.1) is 11.3 Å². The summed E-state index contributed by atoms with van der Waals surface area (Å²) in [5, 5.41) is 6.54. The van der Waals surface area contributed by atoms with Crippen molar-refractivity contribution in [2.45, 2.75) is 27.2 Å². The molecule has 1 heterocycles. The maximum Gasteiger partial charge on any atom is 0.182 e. The highest BCUT2D eigenvalue weighted by Crippen LogP contribution is 2.51. The van der Waals surface area contributed by atoms with E-state index in [4.69, 9.17) is 0 Å². The van der Waals surface area contributed by atoms with Crippen molar-refractivity contribution in [2.75, 3.05) is 11.9 Å². The third kappa shape index (κ3) is 2.02. The molecule has 0 radical (unpaired) electrons. The molecule has 2 nitrogen and oxygen atoms in total. The van der Waals surface area contributed by atoms with E-state index in [1.807, 2.05) is 6.92 Å². The van der Waals surface area contributed by atoms with E-state index in [2.05, 4.69) is 29.5 Å². The predicted molar refractivity (Wildman–Crippen MR) is 57.2 cm³/mol. The van der Waals surface area contributed by atoms with Crippen LogP contribution in [0.1, 0.15) is 26.0 Å². The minimum atomic E-state index is 0.569. The second-order valence-electron chi connectivity index (χ2n) is 4.56. The number of nitrogens with one attached hydrogen (secondary N) is 1. The van der Waals surface area contributed by atoms with Crippen molar-refractivity contribution in [1.82, 2.24) is 4.98 Å². The fourth-order valence-electron chi connectivity index (χ4n) is 1.57. The molecule has 1 aliphatic rings. The van der Waals surface area contributed by atoms with E-state index >= 15 is 0 Å². The molecule has 1 aromatic heterocycles. The summed E-state index contributed by atoms with van der Waals surface area (Å²) in [6.07, 6.45) is 1.35. The monoisotopic (exact) mass is 196 g/mol. The third-order valence-electron chi connectivity index (χ3n) is 2.84. The van der Waals surface area contributed by atoms with Gasteiger partial charge in [-0.3, -0.25) is 0 Å². The lowest BCUT2D eigenvalue weighted by atomic mass is 10.1. The van der Waals surface area contributed by atoms with Crippen LogP contribution in [0.25, 0.3) is 0 Å². The van der Waals surface area contributed by atoms with Gasteiger partial charge in [-0.05, 0) is 24.7 Å². The molecule has 1 fully saturated rings.